The lowest BCUT2D eigenvalue weighted by atomic mass is 9.80. The van der Waals surface area contributed by atoms with Crippen molar-refractivity contribution in [3.8, 4) is 11.5 Å². The zero-order valence-corrected chi connectivity index (χ0v) is 38.1. The number of phenolic OH excluding ortho intramolecular Hbond substituents is 2. The van der Waals surface area contributed by atoms with Crippen LogP contribution in [0.5, 0.6) is 11.5 Å². The number of aromatic hydroxyl groups is 2. The Morgan fingerprint density at radius 2 is 0.900 bits per heavy atom. The van der Waals surface area contributed by atoms with Crippen molar-refractivity contribution in [2.45, 2.75) is 140 Å². The van der Waals surface area contributed by atoms with E-state index in [1.165, 1.54) is 23.3 Å². The quantitative estimate of drug-likeness (QED) is 0.0393. The summed E-state index contributed by atoms with van der Waals surface area (Å²) in [6, 6.07) is 11.4. The highest BCUT2D eigenvalue weighted by molar-refractivity contribution is 6.33. The van der Waals surface area contributed by atoms with E-state index in [0.717, 1.165) is 97.8 Å². The Hall–Kier alpha value is -4.85. The maximum Gasteiger partial charge on any atom is 0.201 e. The van der Waals surface area contributed by atoms with Crippen molar-refractivity contribution in [3.63, 3.8) is 0 Å². The molecule has 5 rings (SSSR count). The molecule has 7 nitrogen and oxygen atoms in total. The Bertz CT molecular complexity index is 2140. The van der Waals surface area contributed by atoms with Crippen molar-refractivity contribution in [1.82, 2.24) is 0 Å². The number of hydrogen-bond acceptors (Lipinski definition) is 7. The Balaban J connectivity index is 1.98. The van der Waals surface area contributed by atoms with E-state index in [4.69, 9.17) is 0 Å². The van der Waals surface area contributed by atoms with Gasteiger partial charge in [-0.05, 0) is 114 Å². The average Bonchev–Trinajstić information content (AvgIpc) is 3.15. The van der Waals surface area contributed by atoms with Gasteiger partial charge < -0.3 is 26.2 Å². The lowest BCUT2D eigenvalue weighted by Crippen LogP contribution is -2.26. The van der Waals surface area contributed by atoms with Crippen molar-refractivity contribution in [2.24, 2.45) is 23.7 Å². The standard InChI is InChI=1S/C52H70FN3O4/c1-12-15-20-54-49-45(53)43-44(52(60)42-40(58)19-18-39(57)41(42)51(43)59)48(55-46-35(21-29(4)5)25-33(16-13-2)26-36(46)22-30(6)7)50(49)56-47-37(23-31(8)9)27-34(17-14-3)28-38(47)24-32(10)11/h18-19,25-32,54-58H,12-17,20-24H2,1-11H3. The lowest BCUT2D eigenvalue weighted by molar-refractivity contribution is 0.0971. The van der Waals surface area contributed by atoms with Crippen molar-refractivity contribution in [3.05, 3.63) is 97.8 Å². The minimum Gasteiger partial charge on any atom is -0.507 e. The summed E-state index contributed by atoms with van der Waals surface area (Å²) < 4.78 is 17.8. The maximum absolute atomic E-state index is 17.8. The highest BCUT2D eigenvalue weighted by Gasteiger charge is 2.41. The molecule has 0 bridgehead atoms. The summed E-state index contributed by atoms with van der Waals surface area (Å²) in [4.78, 5) is 29.7. The average molecular weight is 820 g/mol. The van der Waals surface area contributed by atoms with Gasteiger partial charge in [0.2, 0.25) is 11.6 Å². The van der Waals surface area contributed by atoms with Crippen molar-refractivity contribution >= 4 is 40.0 Å². The molecular weight excluding hydrogens is 750 g/mol. The summed E-state index contributed by atoms with van der Waals surface area (Å²) in [5, 5.41) is 33.2. The molecule has 1 aliphatic carbocycles. The number of carbonyl (C=O) groups excluding carboxylic acids is 2. The Labute approximate surface area is 359 Å². The molecule has 60 heavy (non-hydrogen) atoms. The second kappa shape index (κ2) is 20.1. The first-order chi connectivity index (χ1) is 28.5. The van der Waals surface area contributed by atoms with Crippen LogP contribution in [0.3, 0.4) is 0 Å². The van der Waals surface area contributed by atoms with Crippen molar-refractivity contribution in [1.29, 1.82) is 0 Å². The highest BCUT2D eigenvalue weighted by Crippen LogP contribution is 2.50. The van der Waals surface area contributed by atoms with Gasteiger partial charge in [0.25, 0.3) is 0 Å². The largest absolute Gasteiger partial charge is 0.507 e. The van der Waals surface area contributed by atoms with E-state index in [1.54, 1.807) is 0 Å². The van der Waals surface area contributed by atoms with Gasteiger partial charge in [0.1, 0.15) is 11.5 Å². The number of fused-ring (bicyclic) bond motifs is 2. The molecule has 0 radical (unpaired) electrons. The topological polar surface area (TPSA) is 111 Å². The molecule has 0 atom stereocenters. The van der Waals surface area contributed by atoms with E-state index in [-0.39, 0.29) is 22.5 Å². The number of hydrogen-bond donors (Lipinski definition) is 5. The predicted octanol–water partition coefficient (Wildman–Crippen LogP) is 13.4. The Morgan fingerprint density at radius 1 is 0.517 bits per heavy atom. The van der Waals surface area contributed by atoms with Crippen LogP contribution in [0, 0.1) is 29.5 Å². The van der Waals surface area contributed by atoms with Gasteiger partial charge in [-0.1, -0.05) is 120 Å². The van der Waals surface area contributed by atoms with Gasteiger partial charge in [-0.3, -0.25) is 9.59 Å². The molecule has 0 aromatic heterocycles. The predicted molar refractivity (Wildman–Crippen MR) is 248 cm³/mol. The normalized spacial score (nSPS) is 12.5. The zero-order valence-electron chi connectivity index (χ0n) is 38.1. The van der Waals surface area contributed by atoms with Crippen LogP contribution < -0.4 is 16.0 Å². The number of ketones is 2. The van der Waals surface area contributed by atoms with E-state index in [2.05, 4.69) is 116 Å². The van der Waals surface area contributed by atoms with Gasteiger partial charge in [-0.15, -0.1) is 0 Å². The molecule has 0 heterocycles. The second-order valence-corrected chi connectivity index (χ2v) is 18.7. The number of nitrogens with one attached hydrogen (secondary N) is 3. The van der Waals surface area contributed by atoms with Crippen molar-refractivity contribution < 1.29 is 24.2 Å². The number of phenols is 2. The molecule has 0 amide bonds. The molecule has 1 aliphatic rings. The van der Waals surface area contributed by atoms with Crippen LogP contribution in [0.2, 0.25) is 0 Å². The van der Waals surface area contributed by atoms with Gasteiger partial charge in [0.05, 0.1) is 39.3 Å². The molecular formula is C52H70FN3O4. The SMILES string of the molecule is CCCCNc1c(F)c2c(c(Nc3c(CC(C)C)cc(CCC)cc3CC(C)C)c1Nc1c(CC(C)C)cc(CCC)cc1CC(C)C)C(=O)c1c(O)ccc(O)c1C2=O. The second-order valence-electron chi connectivity index (χ2n) is 18.7. The number of rotatable bonds is 20. The molecule has 0 saturated heterocycles. The van der Waals surface area contributed by atoms with Crippen LogP contribution in [0.1, 0.15) is 167 Å². The number of carbonyl (C=O) groups is 2. The van der Waals surface area contributed by atoms with Crippen LogP contribution >= 0.6 is 0 Å². The minimum atomic E-state index is -0.873. The maximum atomic E-state index is 17.8. The Kier molecular flexibility index (Phi) is 15.5. The fourth-order valence-electron chi connectivity index (χ4n) is 8.78. The smallest absolute Gasteiger partial charge is 0.201 e. The molecule has 0 saturated carbocycles. The molecule has 0 unspecified atom stereocenters. The fraction of sp³-hybridized carbons (Fsp3) is 0.500. The third-order valence-electron chi connectivity index (χ3n) is 11.2. The first kappa shape index (κ1) is 46.2. The van der Waals surface area contributed by atoms with Crippen LogP contribution in [0.4, 0.5) is 32.8 Å². The summed E-state index contributed by atoms with van der Waals surface area (Å²) in [7, 11) is 0. The lowest BCUT2D eigenvalue weighted by Gasteiger charge is -2.30. The monoisotopic (exact) mass is 820 g/mol. The number of benzene rings is 4. The Morgan fingerprint density at radius 3 is 1.27 bits per heavy atom. The number of anilines is 5. The van der Waals surface area contributed by atoms with E-state index in [1.807, 2.05) is 0 Å². The number of unbranched alkanes of at least 4 members (excludes halogenated alkanes) is 1. The van der Waals surface area contributed by atoms with Crippen molar-refractivity contribution in [2.75, 3.05) is 22.5 Å². The molecule has 4 aromatic rings. The molecule has 0 spiro atoms. The molecule has 5 N–H and O–H groups in total. The van der Waals surface area contributed by atoms with E-state index < -0.39 is 40.0 Å². The fourth-order valence-corrected chi connectivity index (χ4v) is 8.78. The molecule has 4 aromatic carbocycles. The van der Waals surface area contributed by atoms with Gasteiger partial charge in [0.15, 0.2) is 5.82 Å². The zero-order chi connectivity index (χ0) is 44.0. The first-order valence-electron chi connectivity index (χ1n) is 22.6. The number of aryl methyl sites for hydroxylation is 2. The van der Waals surface area contributed by atoms with Crippen LogP contribution in [0.25, 0.3) is 0 Å². The molecule has 8 heteroatoms. The number of halogens is 1. The van der Waals surface area contributed by atoms with E-state index >= 15 is 9.18 Å². The minimum absolute atomic E-state index is 0.0796. The van der Waals surface area contributed by atoms with E-state index in [9.17, 15) is 15.0 Å². The molecule has 0 fully saturated rings. The summed E-state index contributed by atoms with van der Waals surface area (Å²) in [6.07, 6.45) is 8.46. The van der Waals surface area contributed by atoms with Gasteiger partial charge in [-0.2, -0.15) is 0 Å². The van der Waals surface area contributed by atoms with Crippen LogP contribution in [-0.2, 0) is 38.5 Å². The van der Waals surface area contributed by atoms with Gasteiger partial charge >= 0.3 is 0 Å². The highest BCUT2D eigenvalue weighted by atomic mass is 19.1. The van der Waals surface area contributed by atoms with Gasteiger partial charge in [0, 0.05) is 17.9 Å². The summed E-state index contributed by atoms with van der Waals surface area (Å²) >= 11 is 0. The first-order valence-corrected chi connectivity index (χ1v) is 22.6. The summed E-state index contributed by atoms with van der Waals surface area (Å²) in [5.41, 5.74) is 7.91. The van der Waals surface area contributed by atoms with Gasteiger partial charge in [-0.25, -0.2) is 4.39 Å². The van der Waals surface area contributed by atoms with Crippen LogP contribution in [-0.4, -0.2) is 28.3 Å². The third-order valence-corrected chi connectivity index (χ3v) is 11.2. The summed E-state index contributed by atoms with van der Waals surface area (Å²) in [6.45, 7) is 24.4. The third kappa shape index (κ3) is 10.2. The summed E-state index contributed by atoms with van der Waals surface area (Å²) in [5.74, 6) is -2.17. The molecule has 324 valence electrons. The van der Waals surface area contributed by atoms with E-state index in [0.29, 0.717) is 35.9 Å². The molecule has 0 aliphatic heterocycles. The van der Waals surface area contributed by atoms with Crippen LogP contribution in [0.15, 0.2) is 36.4 Å².